The lowest BCUT2D eigenvalue weighted by atomic mass is 9.88. The summed E-state index contributed by atoms with van der Waals surface area (Å²) in [7, 11) is 0. The third-order valence-electron chi connectivity index (χ3n) is 10.0. The summed E-state index contributed by atoms with van der Waals surface area (Å²) in [6, 6.07) is 59.7. The van der Waals surface area contributed by atoms with E-state index in [1.54, 1.807) is 0 Å². The summed E-state index contributed by atoms with van der Waals surface area (Å²) in [5, 5.41) is 8.71. The molecule has 0 bridgehead atoms. The van der Waals surface area contributed by atoms with Crippen LogP contribution in [0.3, 0.4) is 0 Å². The van der Waals surface area contributed by atoms with E-state index in [9.17, 15) is 0 Å². The molecule has 9 aromatic rings. The van der Waals surface area contributed by atoms with E-state index >= 15 is 0 Å². The highest BCUT2D eigenvalue weighted by atomic mass is 16.3. The van der Waals surface area contributed by atoms with Crippen LogP contribution in [0.25, 0.3) is 65.7 Å². The second-order valence-electron chi connectivity index (χ2n) is 12.9. The summed E-state index contributed by atoms with van der Waals surface area (Å²) >= 11 is 0. The fourth-order valence-corrected chi connectivity index (χ4v) is 7.60. The Morgan fingerprint density at radius 1 is 0.388 bits per heavy atom. The van der Waals surface area contributed by atoms with Gasteiger partial charge in [0.05, 0.1) is 10.7 Å². The SMILES string of the molecule is c1ccc(-c2ccc(C3N=c4ccccc4=NC3c3cc4c5cccc(-c6ccc7ccccc7c6)c5oc4c4ccccc34)cc2)cc1. The van der Waals surface area contributed by atoms with Crippen LogP contribution in [0.2, 0.25) is 0 Å². The van der Waals surface area contributed by atoms with Gasteiger partial charge in [0.25, 0.3) is 0 Å². The summed E-state index contributed by atoms with van der Waals surface area (Å²) in [5.41, 5.74) is 8.72. The maximum Gasteiger partial charge on any atom is 0.143 e. The van der Waals surface area contributed by atoms with E-state index in [0.29, 0.717) is 0 Å². The molecule has 3 nitrogen and oxygen atoms in total. The standard InChI is InChI=1S/C46H30N2O/c1-2-11-29(12-3-1)31-21-24-32(25-22-31)43-44(48-42-20-9-8-19-41(42)47-43)39-28-40-38-18-10-17-35(34-26-23-30-13-4-5-14-33(30)27-34)45(38)49-46(40)37-16-7-6-15-36(37)39/h1-28,43-44H. The normalized spacial score (nSPS) is 15.7. The Morgan fingerprint density at radius 2 is 1.00 bits per heavy atom. The number of hydrogen-bond acceptors (Lipinski definition) is 3. The predicted molar refractivity (Wildman–Crippen MR) is 200 cm³/mol. The van der Waals surface area contributed by atoms with Crippen molar-refractivity contribution >= 4 is 43.5 Å². The van der Waals surface area contributed by atoms with E-state index in [-0.39, 0.29) is 12.1 Å². The molecule has 49 heavy (non-hydrogen) atoms. The van der Waals surface area contributed by atoms with E-state index in [4.69, 9.17) is 14.4 Å². The summed E-state index contributed by atoms with van der Waals surface area (Å²) in [6.07, 6.45) is 0. The molecule has 1 aromatic heterocycles. The van der Waals surface area contributed by atoms with Crippen LogP contribution >= 0.6 is 0 Å². The van der Waals surface area contributed by atoms with Crippen molar-refractivity contribution < 1.29 is 4.42 Å². The minimum atomic E-state index is -0.222. The molecular weight excluding hydrogens is 597 g/mol. The molecule has 0 spiro atoms. The number of furan rings is 1. The van der Waals surface area contributed by atoms with Crippen molar-refractivity contribution in [3.63, 3.8) is 0 Å². The van der Waals surface area contributed by atoms with Gasteiger partial charge in [0.15, 0.2) is 0 Å². The van der Waals surface area contributed by atoms with Crippen LogP contribution in [0.5, 0.6) is 0 Å². The van der Waals surface area contributed by atoms with E-state index in [2.05, 4.69) is 158 Å². The molecule has 10 rings (SSSR count). The Morgan fingerprint density at radius 3 is 1.82 bits per heavy atom. The topological polar surface area (TPSA) is 37.9 Å². The lowest BCUT2D eigenvalue weighted by Gasteiger charge is -2.26. The van der Waals surface area contributed by atoms with Gasteiger partial charge in [-0.3, -0.25) is 9.98 Å². The number of fused-ring (bicyclic) bond motifs is 7. The monoisotopic (exact) mass is 626 g/mol. The molecule has 2 atom stereocenters. The number of hydrogen-bond donors (Lipinski definition) is 0. The molecule has 0 aliphatic carbocycles. The number of rotatable bonds is 4. The summed E-state index contributed by atoms with van der Waals surface area (Å²) in [6.45, 7) is 0. The molecule has 3 heteroatoms. The van der Waals surface area contributed by atoms with Crippen LogP contribution in [0, 0.1) is 0 Å². The molecule has 0 saturated carbocycles. The minimum Gasteiger partial charge on any atom is -0.455 e. The number of para-hydroxylation sites is 3. The first-order chi connectivity index (χ1) is 24.3. The third kappa shape index (κ3) is 4.58. The summed E-state index contributed by atoms with van der Waals surface area (Å²) in [5.74, 6) is 0. The van der Waals surface area contributed by atoms with Crippen LogP contribution in [-0.4, -0.2) is 0 Å². The zero-order chi connectivity index (χ0) is 32.3. The molecular formula is C46H30N2O. The Bertz CT molecular complexity index is 2830. The molecule has 8 aromatic carbocycles. The maximum atomic E-state index is 6.87. The van der Waals surface area contributed by atoms with Gasteiger partial charge in [-0.1, -0.05) is 146 Å². The molecule has 1 aliphatic heterocycles. The number of nitrogens with zero attached hydrogens (tertiary/aromatic N) is 2. The second kappa shape index (κ2) is 11.1. The molecule has 0 amide bonds. The Balaban J connectivity index is 1.18. The molecule has 0 N–H and O–H groups in total. The third-order valence-corrected chi connectivity index (χ3v) is 10.0. The summed E-state index contributed by atoms with van der Waals surface area (Å²) < 4.78 is 6.87. The van der Waals surface area contributed by atoms with Crippen molar-refractivity contribution in [1.29, 1.82) is 0 Å². The fourth-order valence-electron chi connectivity index (χ4n) is 7.60. The lowest BCUT2D eigenvalue weighted by molar-refractivity contribution is 0.539. The molecule has 2 unspecified atom stereocenters. The van der Waals surface area contributed by atoms with Gasteiger partial charge in [-0.25, -0.2) is 0 Å². The van der Waals surface area contributed by atoms with Crippen LogP contribution < -0.4 is 10.7 Å². The van der Waals surface area contributed by atoms with E-state index < -0.39 is 0 Å². The predicted octanol–water partition coefficient (Wildman–Crippen LogP) is 11.0. The van der Waals surface area contributed by atoms with Crippen molar-refractivity contribution in [3.8, 4) is 22.3 Å². The van der Waals surface area contributed by atoms with E-state index in [0.717, 1.165) is 65.7 Å². The van der Waals surface area contributed by atoms with Crippen LogP contribution in [0.15, 0.2) is 184 Å². The van der Waals surface area contributed by atoms with Gasteiger partial charge in [-0.15, -0.1) is 0 Å². The molecule has 2 heterocycles. The van der Waals surface area contributed by atoms with Crippen molar-refractivity contribution in [2.24, 2.45) is 9.98 Å². The van der Waals surface area contributed by atoms with Crippen LogP contribution in [0.4, 0.5) is 0 Å². The van der Waals surface area contributed by atoms with Gasteiger partial charge in [-0.05, 0) is 68.2 Å². The van der Waals surface area contributed by atoms with E-state index in [1.165, 1.54) is 21.9 Å². The largest absolute Gasteiger partial charge is 0.455 e. The molecule has 0 fully saturated rings. The average molecular weight is 627 g/mol. The molecule has 230 valence electrons. The highest BCUT2D eigenvalue weighted by Gasteiger charge is 2.29. The first-order valence-electron chi connectivity index (χ1n) is 16.8. The molecule has 0 radical (unpaired) electrons. The second-order valence-corrected chi connectivity index (χ2v) is 12.9. The van der Waals surface area contributed by atoms with E-state index in [1.807, 2.05) is 12.1 Å². The Labute approximate surface area is 283 Å². The highest BCUT2D eigenvalue weighted by Crippen LogP contribution is 2.45. The lowest BCUT2D eigenvalue weighted by Crippen LogP contribution is -2.32. The Kier molecular flexibility index (Phi) is 6.31. The van der Waals surface area contributed by atoms with Crippen molar-refractivity contribution in [1.82, 2.24) is 0 Å². The smallest absolute Gasteiger partial charge is 0.143 e. The van der Waals surface area contributed by atoms with Gasteiger partial charge < -0.3 is 4.42 Å². The zero-order valence-corrected chi connectivity index (χ0v) is 26.6. The quantitative estimate of drug-likeness (QED) is 0.192. The molecule has 1 aliphatic rings. The van der Waals surface area contributed by atoms with Crippen molar-refractivity contribution in [2.75, 3.05) is 0 Å². The van der Waals surface area contributed by atoms with Crippen molar-refractivity contribution in [2.45, 2.75) is 12.1 Å². The Hall–Kier alpha value is -6.32. The van der Waals surface area contributed by atoms with Gasteiger partial charge >= 0.3 is 0 Å². The summed E-state index contributed by atoms with van der Waals surface area (Å²) in [4.78, 5) is 10.8. The minimum absolute atomic E-state index is 0.188. The molecule has 0 saturated heterocycles. The van der Waals surface area contributed by atoms with Crippen molar-refractivity contribution in [3.05, 3.63) is 192 Å². The fraction of sp³-hybridized carbons (Fsp3) is 0.0435. The average Bonchev–Trinajstić information content (AvgIpc) is 3.56. The van der Waals surface area contributed by atoms with Gasteiger partial charge in [-0.2, -0.15) is 0 Å². The van der Waals surface area contributed by atoms with Crippen LogP contribution in [-0.2, 0) is 0 Å². The van der Waals surface area contributed by atoms with Gasteiger partial charge in [0.1, 0.15) is 23.2 Å². The first-order valence-corrected chi connectivity index (χ1v) is 16.8. The van der Waals surface area contributed by atoms with Gasteiger partial charge in [0, 0.05) is 21.7 Å². The first kappa shape index (κ1) is 27.8. The van der Waals surface area contributed by atoms with Crippen LogP contribution in [0.1, 0.15) is 23.2 Å². The number of benzene rings is 8. The zero-order valence-electron chi connectivity index (χ0n) is 26.6. The van der Waals surface area contributed by atoms with Gasteiger partial charge in [0.2, 0.25) is 0 Å². The highest BCUT2D eigenvalue weighted by molar-refractivity contribution is 6.18. The maximum absolute atomic E-state index is 6.87.